The first kappa shape index (κ1) is 20.7. The largest absolute Gasteiger partial charge is 0.384 e. The average Bonchev–Trinajstić information content (AvgIpc) is 2.73. The third kappa shape index (κ3) is 5.69. The molecule has 0 radical (unpaired) electrons. The van der Waals surface area contributed by atoms with Gasteiger partial charge in [0, 0.05) is 23.5 Å². The van der Waals surface area contributed by atoms with Gasteiger partial charge in [0.15, 0.2) is 0 Å². The topological polar surface area (TPSA) is 72.0 Å². The van der Waals surface area contributed by atoms with Gasteiger partial charge in [-0.1, -0.05) is 60.7 Å². The Labute approximate surface area is 167 Å². The molecule has 4 nitrogen and oxygen atoms in total. The van der Waals surface area contributed by atoms with Gasteiger partial charge in [-0.3, -0.25) is 4.99 Å². The molecule has 0 aliphatic carbocycles. The molecule has 4 heteroatoms. The van der Waals surface area contributed by atoms with E-state index in [0.29, 0.717) is 18.7 Å². The van der Waals surface area contributed by atoms with Crippen LogP contribution in [0.1, 0.15) is 31.9 Å². The second-order valence-electron chi connectivity index (χ2n) is 6.45. The molecule has 0 aliphatic heterocycles. The third-order valence-electron chi connectivity index (χ3n) is 4.45. The summed E-state index contributed by atoms with van der Waals surface area (Å²) in [4.78, 5) is 4.71. The molecule has 140 valence electrons. The lowest BCUT2D eigenvalue weighted by atomic mass is 9.97. The quantitative estimate of drug-likeness (QED) is 0.421. The van der Waals surface area contributed by atoms with Crippen LogP contribution in [-0.2, 0) is 13.1 Å². The maximum atomic E-state index is 9.31. The lowest BCUT2D eigenvalue weighted by Gasteiger charge is -2.16. The molecule has 0 bridgehead atoms. The summed E-state index contributed by atoms with van der Waals surface area (Å²) in [5.74, 6) is 0. The lowest BCUT2D eigenvalue weighted by molar-refractivity contribution is 0.805. The molecule has 0 spiro atoms. The van der Waals surface area contributed by atoms with E-state index in [0.717, 1.165) is 28.1 Å². The van der Waals surface area contributed by atoms with E-state index in [-0.39, 0.29) is 5.57 Å². The van der Waals surface area contributed by atoms with E-state index in [1.807, 2.05) is 74.5 Å². The number of hydrogen-bond acceptors (Lipinski definition) is 4. The van der Waals surface area contributed by atoms with Crippen molar-refractivity contribution in [3.63, 3.8) is 0 Å². The highest BCUT2D eigenvalue weighted by molar-refractivity contribution is 6.03. The zero-order valence-electron chi connectivity index (χ0n) is 16.5. The Morgan fingerprint density at radius 2 is 1.39 bits per heavy atom. The summed E-state index contributed by atoms with van der Waals surface area (Å²) in [5.41, 5.74) is 5.49. The van der Waals surface area contributed by atoms with Gasteiger partial charge in [0.1, 0.15) is 17.7 Å². The van der Waals surface area contributed by atoms with E-state index in [4.69, 9.17) is 4.99 Å². The van der Waals surface area contributed by atoms with Gasteiger partial charge in [0.25, 0.3) is 0 Å². The van der Waals surface area contributed by atoms with Crippen molar-refractivity contribution in [2.75, 3.05) is 0 Å². The summed E-state index contributed by atoms with van der Waals surface area (Å²) < 4.78 is 0. The molecule has 0 fully saturated rings. The number of aliphatic imine (C=N–C) groups is 1. The Balaban J connectivity index is 2.37. The van der Waals surface area contributed by atoms with Crippen LogP contribution in [-0.4, -0.2) is 5.71 Å². The van der Waals surface area contributed by atoms with Crippen LogP contribution in [0.2, 0.25) is 0 Å². The minimum atomic E-state index is 0.102. The van der Waals surface area contributed by atoms with E-state index in [1.165, 1.54) is 0 Å². The van der Waals surface area contributed by atoms with E-state index in [1.54, 1.807) is 6.92 Å². The van der Waals surface area contributed by atoms with Gasteiger partial charge < -0.3 is 5.32 Å². The zero-order valence-corrected chi connectivity index (χ0v) is 16.5. The predicted octanol–water partition coefficient (Wildman–Crippen LogP) is 5.07. The molecule has 0 unspecified atom stereocenters. The Kier molecular flexibility index (Phi) is 7.76. The molecule has 2 rings (SSSR count). The van der Waals surface area contributed by atoms with Gasteiger partial charge in [-0.2, -0.15) is 10.5 Å². The monoisotopic (exact) mass is 368 g/mol. The molecule has 0 aliphatic rings. The highest BCUT2D eigenvalue weighted by Crippen LogP contribution is 2.20. The Morgan fingerprint density at radius 1 is 0.857 bits per heavy atom. The summed E-state index contributed by atoms with van der Waals surface area (Å²) >= 11 is 0. The van der Waals surface area contributed by atoms with E-state index >= 15 is 0 Å². The summed E-state index contributed by atoms with van der Waals surface area (Å²) in [6.45, 7) is 6.87. The van der Waals surface area contributed by atoms with Crippen LogP contribution >= 0.6 is 0 Å². The van der Waals surface area contributed by atoms with Crippen LogP contribution in [0.4, 0.5) is 0 Å². The van der Waals surface area contributed by atoms with Gasteiger partial charge in [0.2, 0.25) is 0 Å². The van der Waals surface area contributed by atoms with Crippen molar-refractivity contribution in [2.24, 2.45) is 4.99 Å². The van der Waals surface area contributed by atoms with Crippen molar-refractivity contribution in [2.45, 2.75) is 33.9 Å². The second-order valence-corrected chi connectivity index (χ2v) is 6.45. The summed E-state index contributed by atoms with van der Waals surface area (Å²) in [7, 11) is 0. The van der Waals surface area contributed by atoms with Crippen LogP contribution < -0.4 is 5.32 Å². The van der Waals surface area contributed by atoms with E-state index < -0.39 is 0 Å². The maximum absolute atomic E-state index is 9.31. The number of nitriles is 2. The molecule has 0 amide bonds. The summed E-state index contributed by atoms with van der Waals surface area (Å²) in [6.07, 6.45) is 0. The zero-order chi connectivity index (χ0) is 20.4. The highest BCUT2D eigenvalue weighted by atomic mass is 14.9. The Morgan fingerprint density at radius 3 is 1.93 bits per heavy atom. The molecule has 1 N–H and O–H groups in total. The number of allylic oxidation sites excluding steroid dienone is 4. The molecule has 0 atom stereocenters. The molecule has 2 aromatic carbocycles. The first-order chi connectivity index (χ1) is 13.6. The predicted molar refractivity (Wildman–Crippen MR) is 113 cm³/mol. The fourth-order valence-electron chi connectivity index (χ4n) is 2.93. The molecule has 0 aromatic heterocycles. The lowest BCUT2D eigenvalue weighted by Crippen LogP contribution is -2.17. The minimum absolute atomic E-state index is 0.102. The fraction of sp³-hybridized carbons (Fsp3) is 0.208. The first-order valence-electron chi connectivity index (χ1n) is 9.12. The van der Waals surface area contributed by atoms with E-state index in [2.05, 4.69) is 17.4 Å². The van der Waals surface area contributed by atoms with E-state index in [9.17, 15) is 10.5 Å². The highest BCUT2D eigenvalue weighted by Gasteiger charge is 2.14. The molecule has 28 heavy (non-hydrogen) atoms. The van der Waals surface area contributed by atoms with Crippen molar-refractivity contribution in [1.82, 2.24) is 5.32 Å². The van der Waals surface area contributed by atoms with Crippen molar-refractivity contribution in [1.29, 1.82) is 10.5 Å². The molecule has 2 aromatic rings. The summed E-state index contributed by atoms with van der Waals surface area (Å²) in [6, 6.07) is 24.1. The summed E-state index contributed by atoms with van der Waals surface area (Å²) in [5, 5.41) is 22.0. The van der Waals surface area contributed by atoms with Gasteiger partial charge in [0.05, 0.1) is 6.54 Å². The van der Waals surface area contributed by atoms with Crippen LogP contribution in [0.15, 0.2) is 88.1 Å². The van der Waals surface area contributed by atoms with Crippen molar-refractivity contribution >= 4 is 5.71 Å². The Bertz CT molecular complexity index is 953. The standard InChI is InChI=1S/C24H24N4/c1-18(23(14-25)15-26)24(19(2)27-16-21-10-6-4-7-11-21)20(3)28-17-22-12-8-5-9-13-22/h4-13,27H,16-17H2,1-3H3/b24-19-,28-20?. The molecule has 0 heterocycles. The van der Waals surface area contributed by atoms with Crippen molar-refractivity contribution in [3.8, 4) is 12.1 Å². The number of nitrogens with one attached hydrogen (secondary N) is 1. The SMILES string of the molecule is CC(=NCc1ccccc1)/C(C(C)=C(C#N)C#N)=C(/C)NCc1ccccc1. The van der Waals surface area contributed by atoms with Crippen LogP contribution in [0.25, 0.3) is 0 Å². The number of benzene rings is 2. The van der Waals surface area contributed by atoms with Crippen LogP contribution in [0.5, 0.6) is 0 Å². The molecular weight excluding hydrogens is 344 g/mol. The number of nitrogens with zero attached hydrogens (tertiary/aromatic N) is 3. The van der Waals surface area contributed by atoms with Crippen LogP contribution in [0.3, 0.4) is 0 Å². The minimum Gasteiger partial charge on any atom is -0.384 e. The van der Waals surface area contributed by atoms with Crippen LogP contribution in [0, 0.1) is 22.7 Å². The molecule has 0 saturated carbocycles. The smallest absolute Gasteiger partial charge is 0.133 e. The second kappa shape index (κ2) is 10.5. The first-order valence-corrected chi connectivity index (χ1v) is 9.12. The van der Waals surface area contributed by atoms with Gasteiger partial charge in [-0.15, -0.1) is 0 Å². The average molecular weight is 368 g/mol. The molecular formula is C24H24N4. The van der Waals surface area contributed by atoms with Gasteiger partial charge >= 0.3 is 0 Å². The fourth-order valence-corrected chi connectivity index (χ4v) is 2.93. The number of hydrogen-bond donors (Lipinski definition) is 1. The van der Waals surface area contributed by atoms with Gasteiger partial charge in [-0.25, -0.2) is 0 Å². The maximum Gasteiger partial charge on any atom is 0.133 e. The Hall–Kier alpha value is -3.63. The van der Waals surface area contributed by atoms with Crippen molar-refractivity contribution < 1.29 is 0 Å². The number of rotatable bonds is 7. The molecule has 0 saturated heterocycles. The normalized spacial score (nSPS) is 11.7. The van der Waals surface area contributed by atoms with Gasteiger partial charge in [-0.05, 0) is 37.5 Å². The van der Waals surface area contributed by atoms with Crippen molar-refractivity contribution in [3.05, 3.63) is 94.2 Å². The third-order valence-corrected chi connectivity index (χ3v) is 4.45.